The predicted molar refractivity (Wildman–Crippen MR) is 123 cm³/mol. The minimum atomic E-state index is 0.381. The molecular formula is C22H27N7S. The number of hydrogen-bond donors (Lipinski definition) is 3. The van der Waals surface area contributed by atoms with E-state index in [0.717, 1.165) is 31.0 Å². The lowest BCUT2D eigenvalue weighted by Crippen LogP contribution is -2.37. The van der Waals surface area contributed by atoms with E-state index < -0.39 is 0 Å². The zero-order chi connectivity index (χ0) is 21.3. The van der Waals surface area contributed by atoms with Crippen molar-refractivity contribution in [2.75, 3.05) is 19.3 Å². The Kier molecular flexibility index (Phi) is 7.46. The predicted octanol–water partition coefficient (Wildman–Crippen LogP) is 3.25. The highest BCUT2D eigenvalue weighted by atomic mass is 32.1. The van der Waals surface area contributed by atoms with E-state index >= 15 is 0 Å². The Morgan fingerprint density at radius 3 is 2.63 bits per heavy atom. The lowest BCUT2D eigenvalue weighted by Gasteiger charge is -2.10. The molecule has 0 saturated heterocycles. The third kappa shape index (κ3) is 5.19. The summed E-state index contributed by atoms with van der Waals surface area (Å²) >= 11 is 1.82. The van der Waals surface area contributed by atoms with Gasteiger partial charge in [0.15, 0.2) is 5.96 Å². The first kappa shape index (κ1) is 21.4. The Labute approximate surface area is 181 Å². The summed E-state index contributed by atoms with van der Waals surface area (Å²) in [6.45, 7) is 3.63. The summed E-state index contributed by atoms with van der Waals surface area (Å²) in [6.07, 6.45) is 2.52. The zero-order valence-electron chi connectivity index (χ0n) is 17.4. The highest BCUT2D eigenvalue weighted by Gasteiger charge is 2.16. The first-order valence-electron chi connectivity index (χ1n) is 10.0. The van der Waals surface area contributed by atoms with Crippen LogP contribution < -0.4 is 16.4 Å². The van der Waals surface area contributed by atoms with Crippen molar-refractivity contribution < 1.29 is 0 Å². The van der Waals surface area contributed by atoms with Crippen molar-refractivity contribution in [3.05, 3.63) is 63.5 Å². The first-order valence-corrected chi connectivity index (χ1v) is 10.8. The number of benzene rings is 1. The average Bonchev–Trinajstić information content (AvgIpc) is 3.37. The molecule has 0 atom stereocenters. The minimum absolute atomic E-state index is 0.381. The molecule has 0 aliphatic rings. The van der Waals surface area contributed by atoms with Crippen molar-refractivity contribution >= 4 is 23.1 Å². The molecule has 0 unspecified atom stereocenters. The van der Waals surface area contributed by atoms with E-state index in [9.17, 15) is 5.26 Å². The molecule has 8 heteroatoms. The van der Waals surface area contributed by atoms with Crippen LogP contribution in [-0.2, 0) is 19.4 Å². The van der Waals surface area contributed by atoms with Crippen LogP contribution in [0, 0.1) is 11.3 Å². The van der Waals surface area contributed by atoms with Crippen LogP contribution in [0.4, 0.5) is 5.82 Å². The molecule has 4 N–H and O–H groups in total. The summed E-state index contributed by atoms with van der Waals surface area (Å²) in [7, 11) is 1.76. The molecule has 0 fully saturated rings. The number of nitrogens with zero attached hydrogens (tertiary/aromatic N) is 4. The standard InChI is InChI=1S/C22H27N7S/c1-3-17-11-12-18(30-17)15-27-22(25-2)26-13-7-10-20-19(14-23)21(24)29(28-20)16-8-5-4-6-9-16/h4-6,8-9,11-12H,3,7,10,13,15,24H2,1-2H3,(H2,25,26,27). The molecular weight excluding hydrogens is 394 g/mol. The Hall–Kier alpha value is -3.31. The van der Waals surface area contributed by atoms with Crippen LogP contribution in [0.15, 0.2) is 47.5 Å². The van der Waals surface area contributed by atoms with E-state index in [1.807, 2.05) is 41.7 Å². The number of anilines is 1. The summed E-state index contributed by atoms with van der Waals surface area (Å²) in [6, 6.07) is 16.1. The molecule has 0 radical (unpaired) electrons. The van der Waals surface area contributed by atoms with Crippen LogP contribution in [0.5, 0.6) is 0 Å². The minimum Gasteiger partial charge on any atom is -0.382 e. The molecule has 0 aliphatic heterocycles. The summed E-state index contributed by atoms with van der Waals surface area (Å²) in [5, 5.41) is 20.7. The van der Waals surface area contributed by atoms with Crippen LogP contribution in [0.1, 0.15) is 34.4 Å². The van der Waals surface area contributed by atoms with Crippen LogP contribution in [0.3, 0.4) is 0 Å². The molecule has 2 heterocycles. The lowest BCUT2D eigenvalue weighted by atomic mass is 10.1. The first-order chi connectivity index (χ1) is 14.7. The van der Waals surface area contributed by atoms with Gasteiger partial charge in [-0.15, -0.1) is 11.3 Å². The molecule has 2 aromatic heterocycles. The van der Waals surface area contributed by atoms with E-state index in [1.54, 1.807) is 11.7 Å². The van der Waals surface area contributed by atoms with Crippen molar-refractivity contribution in [3.63, 3.8) is 0 Å². The number of nitrogens with one attached hydrogen (secondary N) is 2. The van der Waals surface area contributed by atoms with E-state index in [4.69, 9.17) is 5.73 Å². The monoisotopic (exact) mass is 421 g/mol. The van der Waals surface area contributed by atoms with E-state index in [2.05, 4.69) is 45.9 Å². The van der Waals surface area contributed by atoms with Crippen molar-refractivity contribution in [2.24, 2.45) is 4.99 Å². The molecule has 3 rings (SSSR count). The average molecular weight is 422 g/mol. The Balaban J connectivity index is 1.52. The van der Waals surface area contributed by atoms with Gasteiger partial charge in [0.25, 0.3) is 0 Å². The van der Waals surface area contributed by atoms with Gasteiger partial charge in [-0.05, 0) is 43.5 Å². The molecule has 0 spiro atoms. The fraction of sp³-hybridized carbons (Fsp3) is 0.318. The van der Waals surface area contributed by atoms with E-state index in [1.165, 1.54) is 9.75 Å². The molecule has 156 valence electrons. The lowest BCUT2D eigenvalue weighted by molar-refractivity contribution is 0.723. The fourth-order valence-electron chi connectivity index (χ4n) is 3.10. The number of rotatable bonds is 8. The highest BCUT2D eigenvalue weighted by Crippen LogP contribution is 2.21. The van der Waals surface area contributed by atoms with Gasteiger partial charge in [0.05, 0.1) is 17.9 Å². The normalized spacial score (nSPS) is 11.3. The molecule has 30 heavy (non-hydrogen) atoms. The van der Waals surface area contributed by atoms with Crippen molar-refractivity contribution in [2.45, 2.75) is 32.7 Å². The van der Waals surface area contributed by atoms with E-state index in [-0.39, 0.29) is 0 Å². The third-order valence-corrected chi connectivity index (χ3v) is 5.94. The number of nitrogens with two attached hydrogens (primary N) is 1. The van der Waals surface area contributed by atoms with Gasteiger partial charge in [0.1, 0.15) is 17.5 Å². The van der Waals surface area contributed by atoms with Crippen LogP contribution in [0.2, 0.25) is 0 Å². The summed E-state index contributed by atoms with van der Waals surface area (Å²) < 4.78 is 1.63. The van der Waals surface area contributed by atoms with Gasteiger partial charge in [-0.25, -0.2) is 4.68 Å². The number of guanidine groups is 1. The number of aryl methyl sites for hydroxylation is 2. The fourth-order valence-corrected chi connectivity index (χ4v) is 4.00. The molecule has 7 nitrogen and oxygen atoms in total. The van der Waals surface area contributed by atoms with Gasteiger partial charge in [-0.1, -0.05) is 25.1 Å². The van der Waals surface area contributed by atoms with Gasteiger partial charge >= 0.3 is 0 Å². The summed E-state index contributed by atoms with van der Waals surface area (Å²) in [5.41, 5.74) is 8.18. The van der Waals surface area contributed by atoms with E-state index in [0.29, 0.717) is 30.0 Å². The Bertz CT molecular complexity index is 1030. The maximum absolute atomic E-state index is 9.51. The molecule has 0 amide bonds. The van der Waals surface area contributed by atoms with Crippen LogP contribution in [-0.4, -0.2) is 29.3 Å². The Morgan fingerprint density at radius 1 is 1.20 bits per heavy atom. The second kappa shape index (κ2) is 10.5. The number of hydrogen-bond acceptors (Lipinski definition) is 5. The number of thiophene rings is 1. The number of nitriles is 1. The molecule has 0 bridgehead atoms. The van der Waals surface area contributed by atoms with Crippen LogP contribution in [0.25, 0.3) is 5.69 Å². The molecule has 3 aromatic rings. The van der Waals surface area contributed by atoms with Gasteiger partial charge in [-0.2, -0.15) is 10.4 Å². The largest absolute Gasteiger partial charge is 0.382 e. The van der Waals surface area contributed by atoms with Crippen molar-refractivity contribution in [3.8, 4) is 11.8 Å². The number of nitrogen functional groups attached to an aromatic ring is 1. The molecule has 0 aliphatic carbocycles. The zero-order valence-corrected chi connectivity index (χ0v) is 18.2. The smallest absolute Gasteiger partial charge is 0.191 e. The number of aliphatic imine (C=N–C) groups is 1. The summed E-state index contributed by atoms with van der Waals surface area (Å²) in [5.74, 6) is 1.14. The number of aromatic nitrogens is 2. The number of para-hydroxylation sites is 1. The SMILES string of the molecule is CCc1ccc(CNC(=NC)NCCCc2nn(-c3ccccc3)c(N)c2C#N)s1. The quantitative estimate of drug-likeness (QED) is 0.294. The second-order valence-corrected chi connectivity index (χ2v) is 8.00. The second-order valence-electron chi connectivity index (χ2n) is 6.74. The van der Waals surface area contributed by atoms with Crippen LogP contribution >= 0.6 is 11.3 Å². The van der Waals surface area contributed by atoms with Gasteiger partial charge in [-0.3, -0.25) is 4.99 Å². The van der Waals surface area contributed by atoms with Gasteiger partial charge in [0, 0.05) is 23.3 Å². The Morgan fingerprint density at radius 2 is 1.97 bits per heavy atom. The van der Waals surface area contributed by atoms with Gasteiger partial charge in [0.2, 0.25) is 0 Å². The third-order valence-electron chi connectivity index (χ3n) is 4.71. The van der Waals surface area contributed by atoms with Crippen molar-refractivity contribution in [1.29, 1.82) is 5.26 Å². The molecule has 1 aromatic carbocycles. The van der Waals surface area contributed by atoms with Crippen molar-refractivity contribution in [1.82, 2.24) is 20.4 Å². The molecule has 0 saturated carbocycles. The maximum Gasteiger partial charge on any atom is 0.191 e. The maximum atomic E-state index is 9.51. The van der Waals surface area contributed by atoms with Gasteiger partial charge < -0.3 is 16.4 Å². The topological polar surface area (TPSA) is 104 Å². The highest BCUT2D eigenvalue weighted by molar-refractivity contribution is 7.11. The summed E-state index contributed by atoms with van der Waals surface area (Å²) in [4.78, 5) is 6.95.